The Hall–Kier alpha value is -2.45. The van der Waals surface area contributed by atoms with E-state index in [0.717, 1.165) is 25.8 Å². The number of halogens is 3. The van der Waals surface area contributed by atoms with E-state index >= 15 is 0 Å². The maximum atomic E-state index is 12.4. The number of anilines is 1. The van der Waals surface area contributed by atoms with E-state index in [4.69, 9.17) is 5.73 Å². The number of benzene rings is 1. The van der Waals surface area contributed by atoms with Crippen LogP contribution in [0.1, 0.15) is 32.1 Å². The number of hydrogen-bond donors (Lipinski definition) is 2. The van der Waals surface area contributed by atoms with Crippen LogP contribution in [0, 0.1) is 0 Å². The zero-order valence-corrected chi connectivity index (χ0v) is 14.4. The summed E-state index contributed by atoms with van der Waals surface area (Å²) in [5, 5.41) is 2.61. The van der Waals surface area contributed by atoms with E-state index in [1.807, 2.05) is 4.90 Å². The Kier molecular flexibility index (Phi) is 7.11. The van der Waals surface area contributed by atoms with Crippen molar-refractivity contribution in [2.24, 2.45) is 10.7 Å². The van der Waals surface area contributed by atoms with Gasteiger partial charge in [-0.1, -0.05) is 18.6 Å². The van der Waals surface area contributed by atoms with Crippen LogP contribution in [-0.2, 0) is 4.79 Å². The van der Waals surface area contributed by atoms with E-state index in [2.05, 4.69) is 15.0 Å². The summed E-state index contributed by atoms with van der Waals surface area (Å²) in [7, 11) is 0. The predicted octanol–water partition coefficient (Wildman–Crippen LogP) is 3.10. The first-order chi connectivity index (χ1) is 12.3. The van der Waals surface area contributed by atoms with Crippen molar-refractivity contribution in [3.05, 3.63) is 24.3 Å². The highest BCUT2D eigenvalue weighted by molar-refractivity contribution is 5.93. The van der Waals surface area contributed by atoms with Crippen LogP contribution in [0.3, 0.4) is 0 Å². The van der Waals surface area contributed by atoms with Crippen LogP contribution in [0.4, 0.5) is 18.9 Å². The van der Waals surface area contributed by atoms with Crippen LogP contribution in [-0.4, -0.2) is 42.8 Å². The molecule has 9 heteroatoms. The third-order valence-electron chi connectivity index (χ3n) is 3.92. The number of carbonyl (C=O) groups excluding carboxylic acids is 1. The average molecular weight is 372 g/mol. The van der Waals surface area contributed by atoms with Gasteiger partial charge in [0.1, 0.15) is 0 Å². The summed E-state index contributed by atoms with van der Waals surface area (Å²) >= 11 is 0. The molecule has 0 spiro atoms. The molecule has 0 unspecified atom stereocenters. The molecule has 144 valence electrons. The summed E-state index contributed by atoms with van der Waals surface area (Å²) in [6, 6.07) is 5.59. The second kappa shape index (κ2) is 9.30. The van der Waals surface area contributed by atoms with E-state index in [1.54, 1.807) is 6.07 Å². The van der Waals surface area contributed by atoms with Gasteiger partial charge in [-0.3, -0.25) is 9.79 Å². The summed E-state index contributed by atoms with van der Waals surface area (Å²) in [5.41, 5.74) is 5.81. The number of rotatable bonds is 6. The number of alkyl halides is 3. The normalized spacial score (nSPS) is 16.3. The molecule has 0 aromatic heterocycles. The van der Waals surface area contributed by atoms with E-state index in [1.165, 1.54) is 18.2 Å². The minimum absolute atomic E-state index is 0.00887. The second-order valence-electron chi connectivity index (χ2n) is 5.98. The van der Waals surface area contributed by atoms with Crippen molar-refractivity contribution < 1.29 is 22.7 Å². The third kappa shape index (κ3) is 6.81. The first-order valence-corrected chi connectivity index (χ1v) is 8.54. The van der Waals surface area contributed by atoms with Gasteiger partial charge in [-0.25, -0.2) is 0 Å². The van der Waals surface area contributed by atoms with Crippen LogP contribution in [0.15, 0.2) is 29.3 Å². The molecule has 3 N–H and O–H groups in total. The molecular formula is C17H23F3N4O2. The van der Waals surface area contributed by atoms with Gasteiger partial charge in [0.15, 0.2) is 11.7 Å². The third-order valence-corrected chi connectivity index (χ3v) is 3.92. The number of nitrogens with one attached hydrogen (secondary N) is 1. The number of para-hydroxylation sites is 2. The lowest BCUT2D eigenvalue weighted by Gasteiger charge is -2.19. The minimum Gasteiger partial charge on any atom is -0.404 e. The number of nitrogens with zero attached hydrogens (tertiary/aromatic N) is 2. The molecule has 2 rings (SSSR count). The Morgan fingerprint density at radius 3 is 2.81 bits per heavy atom. The highest BCUT2D eigenvalue weighted by Gasteiger charge is 2.32. The van der Waals surface area contributed by atoms with Crippen LogP contribution in [0.2, 0.25) is 0 Å². The lowest BCUT2D eigenvalue weighted by Crippen LogP contribution is -2.31. The Morgan fingerprint density at radius 2 is 2.04 bits per heavy atom. The number of hydrogen-bond acceptors (Lipinski definition) is 3. The zero-order valence-electron chi connectivity index (χ0n) is 14.4. The number of amides is 1. The molecule has 1 aromatic rings. The van der Waals surface area contributed by atoms with Crippen molar-refractivity contribution in [2.45, 2.75) is 38.5 Å². The molecule has 0 saturated carbocycles. The number of likely N-dealkylation sites (tertiary alicyclic amines) is 1. The monoisotopic (exact) mass is 372 g/mol. The molecule has 1 amide bonds. The fourth-order valence-electron chi connectivity index (χ4n) is 2.70. The van der Waals surface area contributed by atoms with Gasteiger partial charge in [-0.05, 0) is 31.4 Å². The Bertz CT molecular complexity index is 635. The van der Waals surface area contributed by atoms with Gasteiger partial charge in [0.05, 0.1) is 5.69 Å². The molecule has 26 heavy (non-hydrogen) atoms. The largest absolute Gasteiger partial charge is 0.573 e. The first-order valence-electron chi connectivity index (χ1n) is 8.54. The number of ether oxygens (including phenoxy) is 1. The molecule has 1 aliphatic rings. The highest BCUT2D eigenvalue weighted by atomic mass is 19.4. The van der Waals surface area contributed by atoms with Crippen molar-refractivity contribution in [3.8, 4) is 5.75 Å². The molecule has 0 atom stereocenters. The molecule has 1 aliphatic heterocycles. The summed E-state index contributed by atoms with van der Waals surface area (Å²) < 4.78 is 41.1. The Balaban J connectivity index is 1.84. The zero-order chi connectivity index (χ0) is 19.0. The van der Waals surface area contributed by atoms with Crippen molar-refractivity contribution in [1.29, 1.82) is 0 Å². The van der Waals surface area contributed by atoms with Gasteiger partial charge in [0.25, 0.3) is 0 Å². The molecular weight excluding hydrogens is 349 g/mol. The van der Waals surface area contributed by atoms with Gasteiger partial charge in [0.2, 0.25) is 5.91 Å². The molecule has 1 aromatic carbocycles. The summed E-state index contributed by atoms with van der Waals surface area (Å²) in [5.74, 6) is -0.227. The molecule has 1 fully saturated rings. The lowest BCUT2D eigenvalue weighted by molar-refractivity contribution is -0.274. The van der Waals surface area contributed by atoms with Gasteiger partial charge in [0, 0.05) is 26.1 Å². The minimum atomic E-state index is -4.79. The number of guanidine groups is 1. The van der Waals surface area contributed by atoms with Crippen LogP contribution < -0.4 is 15.8 Å². The van der Waals surface area contributed by atoms with E-state index < -0.39 is 6.36 Å². The number of carbonyl (C=O) groups is 1. The molecule has 1 saturated heterocycles. The smallest absolute Gasteiger partial charge is 0.404 e. The summed E-state index contributed by atoms with van der Waals surface area (Å²) in [4.78, 5) is 17.8. The van der Waals surface area contributed by atoms with Crippen LogP contribution in [0.5, 0.6) is 5.75 Å². The molecule has 0 aliphatic carbocycles. The fraction of sp³-hybridized carbons (Fsp3) is 0.529. The summed E-state index contributed by atoms with van der Waals surface area (Å²) in [6.45, 7) is 1.73. The van der Waals surface area contributed by atoms with Crippen molar-refractivity contribution in [3.63, 3.8) is 0 Å². The van der Waals surface area contributed by atoms with Gasteiger partial charge in [-0.2, -0.15) is 0 Å². The predicted molar refractivity (Wildman–Crippen MR) is 92.9 cm³/mol. The quantitative estimate of drug-likeness (QED) is 0.457. The van der Waals surface area contributed by atoms with Gasteiger partial charge >= 0.3 is 6.36 Å². The average Bonchev–Trinajstić information content (AvgIpc) is 2.77. The Labute approximate surface area is 150 Å². The maximum absolute atomic E-state index is 12.4. The summed E-state index contributed by atoms with van der Waals surface area (Å²) in [6.07, 6.45) is -0.559. The van der Waals surface area contributed by atoms with Crippen molar-refractivity contribution >= 4 is 17.6 Å². The topological polar surface area (TPSA) is 80.0 Å². The first kappa shape index (κ1) is 19.9. The molecule has 1 heterocycles. The molecule has 0 radical (unpaired) electrons. The van der Waals surface area contributed by atoms with E-state index in [-0.39, 0.29) is 23.3 Å². The van der Waals surface area contributed by atoms with Crippen molar-refractivity contribution in [1.82, 2.24) is 4.90 Å². The standard InChI is InChI=1S/C17H23F3N4O2/c18-17(19,20)26-14-8-4-3-7-13(14)23-16(21)22-10-6-12-24-11-5-1-2-9-15(24)25/h3-4,7-8H,1-2,5-6,9-12H2,(H3,21,22,23). The van der Waals surface area contributed by atoms with Crippen LogP contribution >= 0.6 is 0 Å². The lowest BCUT2D eigenvalue weighted by atomic mass is 10.2. The van der Waals surface area contributed by atoms with Gasteiger partial charge in [-0.15, -0.1) is 13.2 Å². The second-order valence-corrected chi connectivity index (χ2v) is 5.98. The van der Waals surface area contributed by atoms with Crippen LogP contribution in [0.25, 0.3) is 0 Å². The highest BCUT2D eigenvalue weighted by Crippen LogP contribution is 2.29. The van der Waals surface area contributed by atoms with E-state index in [9.17, 15) is 18.0 Å². The number of aliphatic imine (C=N–C) groups is 1. The fourth-order valence-corrected chi connectivity index (χ4v) is 2.70. The van der Waals surface area contributed by atoms with E-state index in [0.29, 0.717) is 25.9 Å². The molecule has 6 nitrogen and oxygen atoms in total. The number of nitrogens with two attached hydrogens (primary N) is 1. The molecule has 0 bridgehead atoms. The SMILES string of the molecule is NC(=NCCCN1CCCCCC1=O)Nc1ccccc1OC(F)(F)F. The van der Waals surface area contributed by atoms with Gasteiger partial charge < -0.3 is 20.7 Å². The van der Waals surface area contributed by atoms with Crippen molar-refractivity contribution in [2.75, 3.05) is 25.0 Å². The maximum Gasteiger partial charge on any atom is 0.573 e. The Morgan fingerprint density at radius 1 is 1.27 bits per heavy atom.